The maximum absolute atomic E-state index is 10.3. The Balaban J connectivity index is 2.45. The number of nitrogens with one attached hydrogen (secondary N) is 1. The minimum atomic E-state index is -0.477. The Morgan fingerprint density at radius 3 is 3.00 bits per heavy atom. The molecule has 1 aliphatic heterocycles. The van der Waals surface area contributed by atoms with Gasteiger partial charge >= 0.3 is 0 Å². The normalized spacial score (nSPS) is 33.6. The van der Waals surface area contributed by atoms with E-state index in [9.17, 15) is 5.11 Å². The summed E-state index contributed by atoms with van der Waals surface area (Å²) < 4.78 is 0. The van der Waals surface area contributed by atoms with E-state index in [4.69, 9.17) is 0 Å². The van der Waals surface area contributed by atoms with E-state index >= 15 is 0 Å². The monoisotopic (exact) mass is 181 g/mol. The third-order valence-electron chi connectivity index (χ3n) is 2.96. The molecule has 0 aliphatic carbocycles. The Hall–Kier alpha value is -0.520. The molecule has 13 heavy (non-hydrogen) atoms. The van der Waals surface area contributed by atoms with Crippen LogP contribution in [0.15, 0.2) is 0 Å². The van der Waals surface area contributed by atoms with E-state index < -0.39 is 5.60 Å². The summed E-state index contributed by atoms with van der Waals surface area (Å²) >= 11 is 0. The molecule has 0 amide bonds. The van der Waals surface area contributed by atoms with Crippen LogP contribution in [0.4, 0.5) is 0 Å². The van der Waals surface area contributed by atoms with Crippen molar-refractivity contribution in [2.75, 3.05) is 13.1 Å². The van der Waals surface area contributed by atoms with Gasteiger partial charge in [0.05, 0.1) is 5.60 Å². The molecule has 1 aliphatic rings. The molecule has 74 valence electrons. The zero-order chi connectivity index (χ0) is 9.73. The van der Waals surface area contributed by atoms with Crippen LogP contribution in [0.5, 0.6) is 0 Å². The van der Waals surface area contributed by atoms with Gasteiger partial charge in [0, 0.05) is 13.0 Å². The molecule has 2 nitrogen and oxygen atoms in total. The van der Waals surface area contributed by atoms with Gasteiger partial charge in [0.2, 0.25) is 0 Å². The fourth-order valence-electron chi connectivity index (χ4n) is 1.84. The van der Waals surface area contributed by atoms with E-state index in [1.807, 2.05) is 6.92 Å². The van der Waals surface area contributed by atoms with Gasteiger partial charge in [-0.1, -0.05) is 6.92 Å². The van der Waals surface area contributed by atoms with Gasteiger partial charge in [-0.05, 0) is 32.2 Å². The quantitative estimate of drug-likeness (QED) is 0.626. The van der Waals surface area contributed by atoms with Crippen LogP contribution >= 0.6 is 0 Å². The molecule has 1 rings (SSSR count). The molecule has 0 aromatic heterocycles. The highest BCUT2D eigenvalue weighted by atomic mass is 16.3. The van der Waals surface area contributed by atoms with Gasteiger partial charge in [-0.2, -0.15) is 0 Å². The highest BCUT2D eigenvalue weighted by Gasteiger charge is 2.34. The van der Waals surface area contributed by atoms with E-state index in [1.165, 1.54) is 0 Å². The summed E-state index contributed by atoms with van der Waals surface area (Å²) in [5.41, 5.74) is -0.477. The first kappa shape index (κ1) is 10.6. The van der Waals surface area contributed by atoms with Crippen molar-refractivity contribution in [3.63, 3.8) is 0 Å². The highest BCUT2D eigenvalue weighted by molar-refractivity contribution is 4.99. The lowest BCUT2D eigenvalue weighted by Gasteiger charge is -2.38. The SMILES string of the molecule is CC#CCCC1(O)CCNCC1C. The van der Waals surface area contributed by atoms with Gasteiger partial charge in [-0.3, -0.25) is 0 Å². The van der Waals surface area contributed by atoms with Gasteiger partial charge in [0.15, 0.2) is 0 Å². The summed E-state index contributed by atoms with van der Waals surface area (Å²) in [6.45, 7) is 5.80. The van der Waals surface area contributed by atoms with Gasteiger partial charge in [0.1, 0.15) is 0 Å². The lowest BCUT2D eigenvalue weighted by Crippen LogP contribution is -2.48. The van der Waals surface area contributed by atoms with Crippen molar-refractivity contribution in [2.24, 2.45) is 5.92 Å². The van der Waals surface area contributed by atoms with Crippen molar-refractivity contribution < 1.29 is 5.11 Å². The summed E-state index contributed by atoms with van der Waals surface area (Å²) in [6.07, 6.45) is 2.49. The molecule has 1 saturated heterocycles. The van der Waals surface area contributed by atoms with Gasteiger partial charge in [0.25, 0.3) is 0 Å². The lowest BCUT2D eigenvalue weighted by molar-refractivity contribution is -0.0392. The number of aliphatic hydroxyl groups is 1. The number of piperidine rings is 1. The summed E-state index contributed by atoms with van der Waals surface area (Å²) in [5, 5.41) is 13.5. The Morgan fingerprint density at radius 2 is 2.38 bits per heavy atom. The molecule has 2 unspecified atom stereocenters. The zero-order valence-electron chi connectivity index (χ0n) is 8.56. The highest BCUT2D eigenvalue weighted by Crippen LogP contribution is 2.28. The van der Waals surface area contributed by atoms with E-state index in [1.54, 1.807) is 0 Å². The number of hydrogen-bond acceptors (Lipinski definition) is 2. The smallest absolute Gasteiger partial charge is 0.0706 e. The maximum atomic E-state index is 10.3. The van der Waals surface area contributed by atoms with Crippen LogP contribution in [0.2, 0.25) is 0 Å². The third-order valence-corrected chi connectivity index (χ3v) is 2.96. The Bertz CT molecular complexity index is 216. The summed E-state index contributed by atoms with van der Waals surface area (Å²) in [4.78, 5) is 0. The standard InChI is InChI=1S/C11H19NO/c1-3-4-5-6-11(13)7-8-12-9-10(11)2/h10,12-13H,5-9H2,1-2H3. The van der Waals surface area contributed by atoms with Crippen LogP contribution in [0.3, 0.4) is 0 Å². The van der Waals surface area contributed by atoms with Gasteiger partial charge in [-0.25, -0.2) is 0 Å². The molecule has 1 heterocycles. The molecular weight excluding hydrogens is 162 g/mol. The average Bonchev–Trinajstić information content (AvgIpc) is 2.11. The Labute approximate surface area is 80.7 Å². The van der Waals surface area contributed by atoms with Crippen molar-refractivity contribution >= 4 is 0 Å². The van der Waals surface area contributed by atoms with Crippen molar-refractivity contribution in [3.05, 3.63) is 0 Å². The molecule has 0 aromatic rings. The van der Waals surface area contributed by atoms with Crippen LogP contribution in [0, 0.1) is 17.8 Å². The minimum Gasteiger partial charge on any atom is -0.389 e. The van der Waals surface area contributed by atoms with Crippen LogP contribution in [0.25, 0.3) is 0 Å². The largest absolute Gasteiger partial charge is 0.389 e. The van der Waals surface area contributed by atoms with Crippen LogP contribution in [-0.2, 0) is 0 Å². The molecule has 2 heteroatoms. The van der Waals surface area contributed by atoms with Crippen molar-refractivity contribution in [2.45, 2.75) is 38.7 Å². The molecule has 1 fully saturated rings. The fraction of sp³-hybridized carbons (Fsp3) is 0.818. The van der Waals surface area contributed by atoms with E-state index in [2.05, 4.69) is 24.1 Å². The Kier molecular flexibility index (Phi) is 3.77. The average molecular weight is 181 g/mol. The summed E-state index contributed by atoms with van der Waals surface area (Å²) in [7, 11) is 0. The van der Waals surface area contributed by atoms with Crippen LogP contribution < -0.4 is 5.32 Å². The molecule has 0 aromatic carbocycles. The molecule has 0 spiro atoms. The van der Waals surface area contributed by atoms with Gasteiger partial charge in [-0.15, -0.1) is 11.8 Å². The first-order valence-electron chi connectivity index (χ1n) is 5.02. The van der Waals surface area contributed by atoms with Crippen molar-refractivity contribution in [1.29, 1.82) is 0 Å². The zero-order valence-corrected chi connectivity index (χ0v) is 8.56. The first-order chi connectivity index (χ1) is 6.19. The molecular formula is C11H19NO. The maximum Gasteiger partial charge on any atom is 0.0706 e. The van der Waals surface area contributed by atoms with Gasteiger partial charge < -0.3 is 10.4 Å². The number of hydrogen-bond donors (Lipinski definition) is 2. The molecule has 0 bridgehead atoms. The number of rotatable bonds is 2. The first-order valence-corrected chi connectivity index (χ1v) is 5.02. The van der Waals surface area contributed by atoms with E-state index in [-0.39, 0.29) is 0 Å². The second kappa shape index (κ2) is 4.64. The van der Waals surface area contributed by atoms with E-state index in [0.717, 1.165) is 32.4 Å². The molecule has 2 atom stereocenters. The lowest BCUT2D eigenvalue weighted by atomic mass is 9.80. The predicted molar refractivity (Wildman–Crippen MR) is 54.3 cm³/mol. The van der Waals surface area contributed by atoms with E-state index in [0.29, 0.717) is 5.92 Å². The predicted octanol–water partition coefficient (Wildman–Crippen LogP) is 1.15. The van der Waals surface area contributed by atoms with Crippen LogP contribution in [0.1, 0.15) is 33.1 Å². The van der Waals surface area contributed by atoms with Crippen molar-refractivity contribution in [1.82, 2.24) is 5.32 Å². The van der Waals surface area contributed by atoms with Crippen LogP contribution in [-0.4, -0.2) is 23.8 Å². The third kappa shape index (κ3) is 2.72. The Morgan fingerprint density at radius 1 is 1.62 bits per heavy atom. The molecule has 0 saturated carbocycles. The van der Waals surface area contributed by atoms with Crippen molar-refractivity contribution in [3.8, 4) is 11.8 Å². The topological polar surface area (TPSA) is 32.3 Å². The fourth-order valence-corrected chi connectivity index (χ4v) is 1.84. The minimum absolute atomic E-state index is 0.347. The summed E-state index contributed by atoms with van der Waals surface area (Å²) in [6, 6.07) is 0. The second-order valence-corrected chi connectivity index (χ2v) is 3.89. The molecule has 2 N–H and O–H groups in total. The summed E-state index contributed by atoms with van der Waals surface area (Å²) in [5.74, 6) is 6.22. The molecule has 0 radical (unpaired) electrons. The second-order valence-electron chi connectivity index (χ2n) is 3.89.